The zero-order valence-electron chi connectivity index (χ0n) is 11.8. The molecule has 0 amide bonds. The van der Waals surface area contributed by atoms with Gasteiger partial charge in [-0.3, -0.25) is 4.90 Å². The molecule has 2 saturated carbocycles. The monoisotopic (exact) mass is 238 g/mol. The van der Waals surface area contributed by atoms with E-state index in [1.165, 1.54) is 64.6 Å². The van der Waals surface area contributed by atoms with Crippen LogP contribution in [-0.2, 0) is 0 Å². The summed E-state index contributed by atoms with van der Waals surface area (Å²) in [5.74, 6) is 0.983. The fourth-order valence-electron chi connectivity index (χ4n) is 3.27. The van der Waals surface area contributed by atoms with Crippen LogP contribution < -0.4 is 5.32 Å². The summed E-state index contributed by atoms with van der Waals surface area (Å²) in [5.41, 5.74) is 0. The van der Waals surface area contributed by atoms with Gasteiger partial charge in [0.15, 0.2) is 0 Å². The van der Waals surface area contributed by atoms with E-state index in [1.54, 1.807) is 0 Å². The molecule has 0 radical (unpaired) electrons. The number of nitrogens with zero attached hydrogens (tertiary/aromatic N) is 1. The van der Waals surface area contributed by atoms with E-state index in [1.807, 2.05) is 0 Å². The van der Waals surface area contributed by atoms with Gasteiger partial charge in [-0.1, -0.05) is 26.7 Å². The van der Waals surface area contributed by atoms with Gasteiger partial charge in [-0.15, -0.1) is 0 Å². The lowest BCUT2D eigenvalue weighted by atomic mass is 10.1. The first-order valence-corrected chi connectivity index (χ1v) is 7.82. The molecule has 0 heterocycles. The molecule has 2 aliphatic carbocycles. The van der Waals surface area contributed by atoms with Gasteiger partial charge in [0.1, 0.15) is 0 Å². The normalized spacial score (nSPS) is 23.5. The van der Waals surface area contributed by atoms with Gasteiger partial charge in [0, 0.05) is 18.6 Å². The second-order valence-corrected chi connectivity index (χ2v) is 5.92. The summed E-state index contributed by atoms with van der Waals surface area (Å²) in [6.07, 6.45) is 9.99. The van der Waals surface area contributed by atoms with Gasteiger partial charge in [-0.05, 0) is 51.1 Å². The first kappa shape index (κ1) is 13.4. The van der Waals surface area contributed by atoms with Gasteiger partial charge >= 0.3 is 0 Å². The van der Waals surface area contributed by atoms with Crippen LogP contribution in [0.3, 0.4) is 0 Å². The van der Waals surface area contributed by atoms with E-state index in [0.717, 1.165) is 18.0 Å². The third kappa shape index (κ3) is 3.96. The van der Waals surface area contributed by atoms with Crippen molar-refractivity contribution in [2.45, 2.75) is 70.9 Å². The summed E-state index contributed by atoms with van der Waals surface area (Å²) >= 11 is 0. The Morgan fingerprint density at radius 1 is 1.12 bits per heavy atom. The van der Waals surface area contributed by atoms with Gasteiger partial charge in [0.05, 0.1) is 0 Å². The van der Waals surface area contributed by atoms with Crippen LogP contribution in [-0.4, -0.2) is 36.6 Å². The third-order valence-corrected chi connectivity index (χ3v) is 4.53. The fraction of sp³-hybridized carbons (Fsp3) is 1.00. The lowest BCUT2D eigenvalue weighted by Gasteiger charge is -2.32. The van der Waals surface area contributed by atoms with Crippen LogP contribution in [0, 0.1) is 5.92 Å². The van der Waals surface area contributed by atoms with Crippen molar-refractivity contribution in [1.29, 1.82) is 0 Å². The molecule has 1 unspecified atom stereocenters. The van der Waals surface area contributed by atoms with Crippen molar-refractivity contribution in [3.05, 3.63) is 0 Å². The molecule has 0 aliphatic heterocycles. The average Bonchev–Trinajstić information content (AvgIpc) is 3.05. The zero-order chi connectivity index (χ0) is 12.1. The van der Waals surface area contributed by atoms with E-state index >= 15 is 0 Å². The quantitative estimate of drug-likeness (QED) is 0.699. The van der Waals surface area contributed by atoms with Crippen LogP contribution in [0.15, 0.2) is 0 Å². The Morgan fingerprint density at radius 3 is 2.35 bits per heavy atom. The molecule has 2 nitrogen and oxygen atoms in total. The molecule has 1 atom stereocenters. The van der Waals surface area contributed by atoms with E-state index in [0.29, 0.717) is 0 Å². The lowest BCUT2D eigenvalue weighted by molar-refractivity contribution is 0.179. The minimum Gasteiger partial charge on any atom is -0.312 e. The molecule has 0 aromatic rings. The SMILES string of the molecule is CCCNC(CN(CC)C1CCCC1)C1CC1. The van der Waals surface area contributed by atoms with Crippen molar-refractivity contribution in [2.75, 3.05) is 19.6 Å². The molecule has 1 N–H and O–H groups in total. The maximum absolute atomic E-state index is 3.78. The Morgan fingerprint density at radius 2 is 1.82 bits per heavy atom. The second kappa shape index (κ2) is 6.75. The van der Waals surface area contributed by atoms with Gasteiger partial charge in [-0.25, -0.2) is 0 Å². The number of hydrogen-bond acceptors (Lipinski definition) is 2. The third-order valence-electron chi connectivity index (χ3n) is 4.53. The Kier molecular flexibility index (Phi) is 5.30. The van der Waals surface area contributed by atoms with Crippen molar-refractivity contribution in [3.8, 4) is 0 Å². The minimum absolute atomic E-state index is 0.774. The van der Waals surface area contributed by atoms with E-state index < -0.39 is 0 Å². The van der Waals surface area contributed by atoms with Crippen molar-refractivity contribution in [3.63, 3.8) is 0 Å². The zero-order valence-corrected chi connectivity index (χ0v) is 11.8. The second-order valence-electron chi connectivity index (χ2n) is 5.92. The molecule has 0 aromatic carbocycles. The predicted octanol–water partition coefficient (Wildman–Crippen LogP) is 3.03. The predicted molar refractivity (Wildman–Crippen MR) is 74.3 cm³/mol. The summed E-state index contributed by atoms with van der Waals surface area (Å²) in [6, 6.07) is 1.67. The summed E-state index contributed by atoms with van der Waals surface area (Å²) in [4.78, 5) is 2.75. The van der Waals surface area contributed by atoms with Crippen molar-refractivity contribution in [1.82, 2.24) is 10.2 Å². The topological polar surface area (TPSA) is 15.3 Å². The highest BCUT2D eigenvalue weighted by atomic mass is 15.2. The van der Waals surface area contributed by atoms with Crippen LogP contribution in [0.2, 0.25) is 0 Å². The Bertz CT molecular complexity index is 207. The van der Waals surface area contributed by atoms with Crippen molar-refractivity contribution in [2.24, 2.45) is 5.92 Å². The number of hydrogen-bond donors (Lipinski definition) is 1. The van der Waals surface area contributed by atoms with Crippen LogP contribution in [0.25, 0.3) is 0 Å². The summed E-state index contributed by atoms with van der Waals surface area (Å²) in [5, 5.41) is 3.78. The minimum atomic E-state index is 0.774. The smallest absolute Gasteiger partial charge is 0.0223 e. The van der Waals surface area contributed by atoms with Crippen LogP contribution in [0.5, 0.6) is 0 Å². The molecule has 0 saturated heterocycles. The maximum Gasteiger partial charge on any atom is 0.0223 e. The number of likely N-dealkylation sites (N-methyl/N-ethyl adjacent to an activating group) is 1. The summed E-state index contributed by atoms with van der Waals surface area (Å²) in [7, 11) is 0. The molecular formula is C15H30N2. The van der Waals surface area contributed by atoms with Crippen molar-refractivity contribution < 1.29 is 0 Å². The van der Waals surface area contributed by atoms with Gasteiger partial charge in [0.25, 0.3) is 0 Å². The fourth-order valence-corrected chi connectivity index (χ4v) is 3.27. The molecule has 0 bridgehead atoms. The first-order valence-electron chi connectivity index (χ1n) is 7.82. The number of rotatable bonds is 8. The number of nitrogens with one attached hydrogen (secondary N) is 1. The molecule has 2 aliphatic rings. The maximum atomic E-state index is 3.78. The molecule has 17 heavy (non-hydrogen) atoms. The van der Waals surface area contributed by atoms with Crippen LogP contribution in [0.1, 0.15) is 58.8 Å². The Hall–Kier alpha value is -0.0800. The Balaban J connectivity index is 1.81. The molecule has 2 fully saturated rings. The average molecular weight is 238 g/mol. The first-order chi connectivity index (χ1) is 8.35. The van der Waals surface area contributed by atoms with Gasteiger partial charge in [0.2, 0.25) is 0 Å². The molecule has 0 spiro atoms. The molecule has 100 valence electrons. The molecule has 2 heteroatoms. The molecule has 0 aromatic heterocycles. The standard InChI is InChI=1S/C15H30N2/c1-3-11-16-15(13-9-10-13)12-17(4-2)14-7-5-6-8-14/h13-16H,3-12H2,1-2H3. The highest BCUT2D eigenvalue weighted by Crippen LogP contribution is 2.34. The molecule has 2 rings (SSSR count). The lowest BCUT2D eigenvalue weighted by Crippen LogP contribution is -2.46. The van der Waals surface area contributed by atoms with Crippen LogP contribution >= 0.6 is 0 Å². The van der Waals surface area contributed by atoms with Crippen molar-refractivity contribution >= 4 is 0 Å². The van der Waals surface area contributed by atoms with E-state index in [9.17, 15) is 0 Å². The van der Waals surface area contributed by atoms with Crippen LogP contribution in [0.4, 0.5) is 0 Å². The summed E-state index contributed by atoms with van der Waals surface area (Å²) < 4.78 is 0. The highest BCUT2D eigenvalue weighted by molar-refractivity contribution is 4.90. The van der Waals surface area contributed by atoms with E-state index in [4.69, 9.17) is 0 Å². The highest BCUT2D eigenvalue weighted by Gasteiger charge is 2.33. The van der Waals surface area contributed by atoms with E-state index in [2.05, 4.69) is 24.1 Å². The van der Waals surface area contributed by atoms with Gasteiger partial charge in [-0.2, -0.15) is 0 Å². The largest absolute Gasteiger partial charge is 0.312 e. The van der Waals surface area contributed by atoms with Gasteiger partial charge < -0.3 is 5.32 Å². The molecular weight excluding hydrogens is 208 g/mol. The van der Waals surface area contributed by atoms with E-state index in [-0.39, 0.29) is 0 Å². The summed E-state index contributed by atoms with van der Waals surface area (Å²) in [6.45, 7) is 8.34. The Labute approximate surface area is 107 Å².